The molecule has 0 bridgehead atoms. The van der Waals surface area contributed by atoms with Crippen LogP contribution in [0.4, 0.5) is 0 Å². The van der Waals surface area contributed by atoms with Gasteiger partial charge in [-0.15, -0.1) is 16.8 Å². The molecule has 4 heterocycles. The number of allylic oxidation sites excluding steroid dienone is 1. The Balaban J connectivity index is 1.82. The van der Waals surface area contributed by atoms with E-state index >= 15 is 0 Å². The van der Waals surface area contributed by atoms with Gasteiger partial charge in [-0.25, -0.2) is 19.3 Å². The lowest BCUT2D eigenvalue weighted by Gasteiger charge is -2.26. The van der Waals surface area contributed by atoms with Crippen molar-refractivity contribution in [3.63, 3.8) is 0 Å². The van der Waals surface area contributed by atoms with Crippen LogP contribution in [0.25, 0.3) is 23.0 Å². The zero-order chi connectivity index (χ0) is 18.1. The Bertz CT molecular complexity index is 914. The molecule has 0 amide bonds. The van der Waals surface area contributed by atoms with E-state index in [1.165, 1.54) is 0 Å². The summed E-state index contributed by atoms with van der Waals surface area (Å²) in [6.07, 6.45) is 9.35. The van der Waals surface area contributed by atoms with Crippen LogP contribution in [0.1, 0.15) is 26.3 Å². The van der Waals surface area contributed by atoms with Gasteiger partial charge in [0.2, 0.25) is 5.82 Å². The summed E-state index contributed by atoms with van der Waals surface area (Å²) in [7, 11) is 0. The minimum absolute atomic E-state index is 0.0416. The number of ether oxygens (including phenoxy) is 1. The summed E-state index contributed by atoms with van der Waals surface area (Å²) in [4.78, 5) is 13.1. The van der Waals surface area contributed by atoms with Crippen LogP contribution in [0.2, 0.25) is 0 Å². The quantitative estimate of drug-likeness (QED) is 0.647. The van der Waals surface area contributed by atoms with Crippen LogP contribution in [0.3, 0.4) is 0 Å². The minimum atomic E-state index is -0.348. The van der Waals surface area contributed by atoms with Gasteiger partial charge >= 0.3 is 0 Å². The molecule has 1 aliphatic heterocycles. The molecule has 0 N–H and O–H groups in total. The third kappa shape index (κ3) is 2.90. The molecule has 0 spiro atoms. The maximum Gasteiger partial charge on any atom is 0.202 e. The average molecular weight is 352 g/mol. The van der Waals surface area contributed by atoms with Crippen molar-refractivity contribution in [2.45, 2.75) is 38.5 Å². The molecule has 1 saturated heterocycles. The summed E-state index contributed by atoms with van der Waals surface area (Å²) in [6.45, 7) is 9.11. The fourth-order valence-corrected chi connectivity index (χ4v) is 3.15. The highest BCUT2D eigenvalue weighted by Gasteiger charge is 2.40. The van der Waals surface area contributed by atoms with Crippen LogP contribution in [0, 0.1) is 0 Å². The molecule has 3 aromatic heterocycles. The van der Waals surface area contributed by atoms with Crippen LogP contribution in [-0.4, -0.2) is 51.9 Å². The summed E-state index contributed by atoms with van der Waals surface area (Å²) in [5.41, 5.74) is 0.916. The molecule has 4 rings (SSSR count). The highest BCUT2D eigenvalue weighted by molar-refractivity contribution is 5.55. The molecule has 1 unspecified atom stereocenters. The van der Waals surface area contributed by atoms with Crippen LogP contribution in [0.5, 0.6) is 0 Å². The number of rotatable bonds is 5. The highest BCUT2D eigenvalue weighted by Crippen LogP contribution is 2.37. The first kappa shape index (κ1) is 16.5. The molecule has 9 heteroatoms. The summed E-state index contributed by atoms with van der Waals surface area (Å²) >= 11 is 0. The van der Waals surface area contributed by atoms with Crippen molar-refractivity contribution in [3.05, 3.63) is 37.4 Å². The molecule has 3 aromatic rings. The van der Waals surface area contributed by atoms with E-state index in [2.05, 4.69) is 45.7 Å². The summed E-state index contributed by atoms with van der Waals surface area (Å²) in [6, 6.07) is 0.0416. The number of hydrogen-bond acceptors (Lipinski definition) is 7. The molecule has 26 heavy (non-hydrogen) atoms. The SMILES string of the molecule is C=CCn1cc(-c2nc(-c3cnccn3)nn2C2CCOC2(C)C)nn1. The van der Waals surface area contributed by atoms with Crippen molar-refractivity contribution >= 4 is 0 Å². The first-order valence-corrected chi connectivity index (χ1v) is 8.47. The Kier molecular flexibility index (Phi) is 4.08. The van der Waals surface area contributed by atoms with Gasteiger partial charge in [-0.1, -0.05) is 11.3 Å². The molecule has 0 saturated carbocycles. The van der Waals surface area contributed by atoms with Crippen molar-refractivity contribution in [1.82, 2.24) is 39.7 Å². The van der Waals surface area contributed by atoms with Gasteiger partial charge in [0.1, 0.15) is 11.4 Å². The van der Waals surface area contributed by atoms with Gasteiger partial charge in [0, 0.05) is 19.0 Å². The van der Waals surface area contributed by atoms with Gasteiger partial charge in [-0.2, -0.15) is 0 Å². The second kappa shape index (κ2) is 6.41. The molecule has 0 aliphatic carbocycles. The van der Waals surface area contributed by atoms with Gasteiger partial charge in [0.25, 0.3) is 0 Å². The van der Waals surface area contributed by atoms with Crippen LogP contribution in [-0.2, 0) is 11.3 Å². The molecule has 1 atom stereocenters. The Labute approximate surface area is 150 Å². The molecule has 0 radical (unpaired) electrons. The zero-order valence-electron chi connectivity index (χ0n) is 14.8. The van der Waals surface area contributed by atoms with Crippen LogP contribution in [0.15, 0.2) is 37.4 Å². The fraction of sp³-hybridized carbons (Fsp3) is 0.412. The summed E-state index contributed by atoms with van der Waals surface area (Å²) < 4.78 is 9.48. The lowest BCUT2D eigenvalue weighted by Crippen LogP contribution is -2.31. The van der Waals surface area contributed by atoms with E-state index in [1.54, 1.807) is 29.3 Å². The second-order valence-corrected chi connectivity index (χ2v) is 6.67. The Hall–Kier alpha value is -2.94. The maximum atomic E-state index is 5.89. The molecular weight excluding hydrogens is 332 g/mol. The second-order valence-electron chi connectivity index (χ2n) is 6.67. The number of aromatic nitrogens is 8. The lowest BCUT2D eigenvalue weighted by molar-refractivity contribution is 0.0122. The zero-order valence-corrected chi connectivity index (χ0v) is 14.8. The lowest BCUT2D eigenvalue weighted by atomic mass is 9.99. The minimum Gasteiger partial charge on any atom is -0.373 e. The van der Waals surface area contributed by atoms with E-state index < -0.39 is 0 Å². The van der Waals surface area contributed by atoms with E-state index in [4.69, 9.17) is 9.84 Å². The first-order chi connectivity index (χ1) is 12.6. The van der Waals surface area contributed by atoms with Gasteiger partial charge in [0.05, 0.1) is 30.6 Å². The molecule has 1 aliphatic rings. The van der Waals surface area contributed by atoms with Gasteiger partial charge in [0.15, 0.2) is 5.82 Å². The fourth-order valence-electron chi connectivity index (χ4n) is 3.15. The Morgan fingerprint density at radius 3 is 2.92 bits per heavy atom. The van der Waals surface area contributed by atoms with Crippen LogP contribution >= 0.6 is 0 Å². The first-order valence-electron chi connectivity index (χ1n) is 8.47. The standard InChI is InChI=1S/C17H20N8O/c1-4-8-24-11-13(21-23-24)16-20-15(12-10-18-6-7-19-12)22-25(16)14-5-9-26-17(14,2)3/h4,6-7,10-11,14H,1,5,8-9H2,2-3H3. The van der Waals surface area contributed by atoms with Crippen molar-refractivity contribution in [3.8, 4) is 23.0 Å². The molecule has 0 aromatic carbocycles. The Morgan fingerprint density at radius 1 is 1.35 bits per heavy atom. The predicted octanol–water partition coefficient (Wildman–Crippen LogP) is 1.92. The van der Waals surface area contributed by atoms with Crippen LogP contribution < -0.4 is 0 Å². The normalized spacial score (nSPS) is 18.9. The summed E-state index contributed by atoms with van der Waals surface area (Å²) in [5, 5.41) is 13.1. The third-order valence-corrected chi connectivity index (χ3v) is 4.47. The van der Waals surface area contributed by atoms with E-state index in [9.17, 15) is 0 Å². The monoisotopic (exact) mass is 352 g/mol. The smallest absolute Gasteiger partial charge is 0.202 e. The molecular formula is C17H20N8O. The van der Waals surface area contributed by atoms with Gasteiger partial charge in [-0.05, 0) is 20.3 Å². The van der Waals surface area contributed by atoms with Crippen molar-refractivity contribution in [1.29, 1.82) is 0 Å². The molecule has 134 valence electrons. The molecule has 1 fully saturated rings. The third-order valence-electron chi connectivity index (χ3n) is 4.47. The topological polar surface area (TPSA) is 96.4 Å². The number of nitrogens with zero attached hydrogens (tertiary/aromatic N) is 8. The summed E-state index contributed by atoms with van der Waals surface area (Å²) in [5.74, 6) is 1.15. The predicted molar refractivity (Wildman–Crippen MR) is 93.9 cm³/mol. The van der Waals surface area contributed by atoms with Crippen molar-refractivity contribution < 1.29 is 4.74 Å². The van der Waals surface area contributed by atoms with E-state index in [-0.39, 0.29) is 11.6 Å². The molecule has 9 nitrogen and oxygen atoms in total. The highest BCUT2D eigenvalue weighted by atomic mass is 16.5. The van der Waals surface area contributed by atoms with E-state index in [0.717, 1.165) is 6.42 Å². The van der Waals surface area contributed by atoms with Gasteiger partial charge < -0.3 is 4.74 Å². The Morgan fingerprint density at radius 2 is 2.23 bits per heavy atom. The average Bonchev–Trinajstić information content (AvgIpc) is 3.33. The largest absolute Gasteiger partial charge is 0.373 e. The van der Waals surface area contributed by atoms with E-state index in [0.29, 0.717) is 36.2 Å². The van der Waals surface area contributed by atoms with Crippen molar-refractivity contribution in [2.75, 3.05) is 6.61 Å². The van der Waals surface area contributed by atoms with E-state index in [1.807, 2.05) is 10.9 Å². The number of hydrogen-bond donors (Lipinski definition) is 0. The van der Waals surface area contributed by atoms with Crippen molar-refractivity contribution in [2.24, 2.45) is 0 Å². The maximum absolute atomic E-state index is 5.89. The van der Waals surface area contributed by atoms with Gasteiger partial charge in [-0.3, -0.25) is 4.98 Å².